The smallest absolute Gasteiger partial charge is 0.0725 e. The minimum absolute atomic E-state index is 0.0404. The molecule has 0 N–H and O–H groups in total. The topological polar surface area (TPSA) is 27.0 Å². The maximum absolute atomic E-state index is 9.61. The highest BCUT2D eigenvalue weighted by Gasteiger charge is 2.16. The van der Waals surface area contributed by atoms with E-state index in [0.29, 0.717) is 6.04 Å². The Morgan fingerprint density at radius 2 is 1.71 bits per heavy atom. The van der Waals surface area contributed by atoms with E-state index in [1.165, 1.54) is 16.7 Å². The normalized spacial score (nSPS) is 12.4. The molecule has 0 saturated heterocycles. The monoisotopic (exact) mass is 320 g/mol. The number of hydrogen-bond donors (Lipinski definition) is 0. The van der Waals surface area contributed by atoms with E-state index in [9.17, 15) is 5.26 Å². The molecule has 0 aliphatic heterocycles. The Morgan fingerprint density at radius 3 is 2.29 bits per heavy atom. The molecule has 0 aliphatic rings. The maximum atomic E-state index is 9.61. The molecular weight excluding hydrogens is 292 g/mol. The minimum atomic E-state index is -0.0404. The zero-order valence-corrected chi connectivity index (χ0v) is 15.3. The van der Waals surface area contributed by atoms with Gasteiger partial charge < -0.3 is 0 Å². The van der Waals surface area contributed by atoms with Gasteiger partial charge in [-0.25, -0.2) is 0 Å². The second-order valence-corrected chi connectivity index (χ2v) is 6.86. The van der Waals surface area contributed by atoms with Gasteiger partial charge in [-0.05, 0) is 56.4 Å². The fraction of sp³-hybridized carbons (Fsp3) is 0.409. The summed E-state index contributed by atoms with van der Waals surface area (Å²) < 4.78 is 0. The highest BCUT2D eigenvalue weighted by molar-refractivity contribution is 5.34. The summed E-state index contributed by atoms with van der Waals surface area (Å²) in [6.45, 7) is 10.5. The van der Waals surface area contributed by atoms with Gasteiger partial charge in [-0.3, -0.25) is 4.90 Å². The number of aryl methyl sites for hydroxylation is 2. The molecule has 0 saturated carbocycles. The van der Waals surface area contributed by atoms with Crippen LogP contribution in [0.1, 0.15) is 48.4 Å². The summed E-state index contributed by atoms with van der Waals surface area (Å²) in [5.74, 6) is -0.0404. The van der Waals surface area contributed by atoms with Crippen LogP contribution < -0.4 is 0 Å². The van der Waals surface area contributed by atoms with Crippen molar-refractivity contribution in [1.29, 1.82) is 5.26 Å². The van der Waals surface area contributed by atoms with Crippen LogP contribution in [0.3, 0.4) is 0 Å². The quantitative estimate of drug-likeness (QED) is 0.700. The van der Waals surface area contributed by atoms with Gasteiger partial charge in [-0.1, -0.05) is 48.5 Å². The number of rotatable bonds is 7. The molecule has 2 nitrogen and oxygen atoms in total. The summed E-state index contributed by atoms with van der Waals surface area (Å²) in [5.41, 5.74) is 5.01. The standard InChI is InChI=1S/C22H28N2/c1-17(2)24(16-20-8-6-5-7-9-20)13-12-22(15-23)21-11-10-18(3)19(4)14-21/h5-11,14,17,22H,12-13,16H2,1-4H3. The van der Waals surface area contributed by atoms with Crippen LogP contribution in [-0.4, -0.2) is 17.5 Å². The van der Waals surface area contributed by atoms with Crippen molar-refractivity contribution in [1.82, 2.24) is 4.90 Å². The van der Waals surface area contributed by atoms with Gasteiger partial charge in [0.15, 0.2) is 0 Å². The Balaban J connectivity index is 2.04. The summed E-state index contributed by atoms with van der Waals surface area (Å²) >= 11 is 0. The van der Waals surface area contributed by atoms with Gasteiger partial charge in [0, 0.05) is 19.1 Å². The van der Waals surface area contributed by atoms with E-state index in [1.807, 2.05) is 0 Å². The summed E-state index contributed by atoms with van der Waals surface area (Å²) in [5, 5.41) is 9.61. The van der Waals surface area contributed by atoms with Crippen LogP contribution in [-0.2, 0) is 6.54 Å². The highest BCUT2D eigenvalue weighted by Crippen LogP contribution is 2.23. The third kappa shape index (κ3) is 4.94. The van der Waals surface area contributed by atoms with Crippen LogP contribution in [0, 0.1) is 25.2 Å². The van der Waals surface area contributed by atoms with Crippen molar-refractivity contribution in [3.8, 4) is 6.07 Å². The molecule has 2 aromatic carbocycles. The van der Waals surface area contributed by atoms with Gasteiger partial charge in [-0.2, -0.15) is 5.26 Å². The van der Waals surface area contributed by atoms with E-state index in [-0.39, 0.29) is 5.92 Å². The average molecular weight is 320 g/mol. The van der Waals surface area contributed by atoms with Crippen LogP contribution in [0.4, 0.5) is 0 Å². The lowest BCUT2D eigenvalue weighted by atomic mass is 9.94. The van der Waals surface area contributed by atoms with E-state index in [1.54, 1.807) is 0 Å². The molecule has 1 unspecified atom stereocenters. The van der Waals surface area contributed by atoms with Crippen molar-refractivity contribution < 1.29 is 0 Å². The molecule has 2 aromatic rings. The number of nitriles is 1. The first-order chi connectivity index (χ1) is 11.5. The van der Waals surface area contributed by atoms with E-state index in [4.69, 9.17) is 0 Å². The molecule has 0 heterocycles. The predicted octanol–water partition coefficient (Wildman–Crippen LogP) is 5.21. The van der Waals surface area contributed by atoms with Gasteiger partial charge in [0.25, 0.3) is 0 Å². The molecule has 0 aromatic heterocycles. The van der Waals surface area contributed by atoms with E-state index >= 15 is 0 Å². The van der Waals surface area contributed by atoms with Crippen molar-refractivity contribution in [2.24, 2.45) is 0 Å². The van der Waals surface area contributed by atoms with Crippen molar-refractivity contribution in [2.45, 2.75) is 52.6 Å². The number of benzene rings is 2. The van der Waals surface area contributed by atoms with Gasteiger partial charge in [-0.15, -0.1) is 0 Å². The van der Waals surface area contributed by atoms with Crippen molar-refractivity contribution in [2.75, 3.05) is 6.54 Å². The van der Waals surface area contributed by atoms with E-state index < -0.39 is 0 Å². The van der Waals surface area contributed by atoms with Crippen molar-refractivity contribution >= 4 is 0 Å². The largest absolute Gasteiger partial charge is 0.297 e. The van der Waals surface area contributed by atoms with E-state index in [0.717, 1.165) is 25.1 Å². The molecule has 0 spiro atoms. The minimum Gasteiger partial charge on any atom is -0.297 e. The van der Waals surface area contributed by atoms with Crippen LogP contribution in [0.15, 0.2) is 48.5 Å². The second kappa shape index (κ2) is 8.66. The Morgan fingerprint density at radius 1 is 1.00 bits per heavy atom. The molecule has 126 valence electrons. The van der Waals surface area contributed by atoms with Crippen LogP contribution >= 0.6 is 0 Å². The molecule has 2 heteroatoms. The Bertz CT molecular complexity index is 683. The number of nitrogens with zero attached hydrogens (tertiary/aromatic N) is 2. The number of hydrogen-bond acceptors (Lipinski definition) is 2. The lowest BCUT2D eigenvalue weighted by Crippen LogP contribution is -2.32. The summed E-state index contributed by atoms with van der Waals surface area (Å²) in [4.78, 5) is 2.45. The molecule has 1 atom stereocenters. The van der Waals surface area contributed by atoms with Gasteiger partial charge in [0.1, 0.15) is 0 Å². The molecule has 24 heavy (non-hydrogen) atoms. The third-order valence-corrected chi connectivity index (χ3v) is 4.75. The van der Waals surface area contributed by atoms with Gasteiger partial charge in [0.2, 0.25) is 0 Å². The first kappa shape index (κ1) is 18.2. The van der Waals surface area contributed by atoms with Crippen LogP contribution in [0.5, 0.6) is 0 Å². The first-order valence-corrected chi connectivity index (χ1v) is 8.76. The predicted molar refractivity (Wildman–Crippen MR) is 101 cm³/mol. The highest BCUT2D eigenvalue weighted by atomic mass is 15.1. The van der Waals surface area contributed by atoms with Gasteiger partial charge >= 0.3 is 0 Å². The Hall–Kier alpha value is -2.11. The van der Waals surface area contributed by atoms with Crippen molar-refractivity contribution in [3.05, 3.63) is 70.8 Å². The second-order valence-electron chi connectivity index (χ2n) is 6.86. The van der Waals surface area contributed by atoms with Gasteiger partial charge in [0.05, 0.1) is 12.0 Å². The molecule has 0 bridgehead atoms. The summed E-state index contributed by atoms with van der Waals surface area (Å²) in [6, 6.07) is 19.9. The molecular formula is C22H28N2. The zero-order valence-electron chi connectivity index (χ0n) is 15.3. The first-order valence-electron chi connectivity index (χ1n) is 8.76. The molecule has 0 amide bonds. The van der Waals surface area contributed by atoms with Crippen LogP contribution in [0.25, 0.3) is 0 Å². The van der Waals surface area contributed by atoms with E-state index in [2.05, 4.69) is 87.2 Å². The summed E-state index contributed by atoms with van der Waals surface area (Å²) in [6.07, 6.45) is 0.865. The maximum Gasteiger partial charge on any atom is 0.0725 e. The Kier molecular flexibility index (Phi) is 6.58. The summed E-state index contributed by atoms with van der Waals surface area (Å²) in [7, 11) is 0. The Labute approximate surface area is 146 Å². The fourth-order valence-electron chi connectivity index (χ4n) is 2.92. The van der Waals surface area contributed by atoms with Crippen LogP contribution in [0.2, 0.25) is 0 Å². The molecule has 0 fully saturated rings. The van der Waals surface area contributed by atoms with Crippen molar-refractivity contribution in [3.63, 3.8) is 0 Å². The average Bonchev–Trinajstić information content (AvgIpc) is 2.58. The molecule has 0 radical (unpaired) electrons. The fourth-order valence-corrected chi connectivity index (χ4v) is 2.92. The lowest BCUT2D eigenvalue weighted by molar-refractivity contribution is 0.208. The SMILES string of the molecule is Cc1ccc(C(C#N)CCN(Cc2ccccc2)C(C)C)cc1C. The molecule has 2 rings (SSSR count). The third-order valence-electron chi connectivity index (χ3n) is 4.75. The molecule has 0 aliphatic carbocycles. The zero-order chi connectivity index (χ0) is 17.5. The lowest BCUT2D eigenvalue weighted by Gasteiger charge is -2.27.